The maximum Gasteiger partial charge on any atom is 0.126 e. The van der Waals surface area contributed by atoms with E-state index >= 15 is 0 Å². The predicted octanol–water partition coefficient (Wildman–Crippen LogP) is 7.90. The molecule has 2 aromatic rings. The number of rotatable bonds is 18. The maximum atomic E-state index is 11.2. The Bertz CT molecular complexity index is 729. The fraction of sp³-hybridized carbons (Fsp3) is 0.655. The third kappa shape index (κ3) is 9.11. The summed E-state index contributed by atoms with van der Waals surface area (Å²) in [6.07, 6.45) is 15.3. The Hall–Kier alpha value is -1.58. The van der Waals surface area contributed by atoms with Gasteiger partial charge in [-0.25, -0.2) is 0 Å². The van der Waals surface area contributed by atoms with Crippen molar-refractivity contribution in [3.63, 3.8) is 0 Å². The maximum absolute atomic E-state index is 11.2. The number of fused-ring (bicyclic) bond motifs is 1. The molecule has 2 aromatic carbocycles. The molecule has 0 aliphatic carbocycles. The topological polar surface area (TPSA) is 32.7 Å². The molecule has 0 amide bonds. The first-order valence-electron chi connectivity index (χ1n) is 13.2. The van der Waals surface area contributed by atoms with Crippen LogP contribution in [0.3, 0.4) is 0 Å². The zero-order valence-corrected chi connectivity index (χ0v) is 21.0. The van der Waals surface area contributed by atoms with Crippen LogP contribution in [0.15, 0.2) is 36.4 Å². The first kappa shape index (κ1) is 26.7. The highest BCUT2D eigenvalue weighted by Gasteiger charge is 2.17. The molecule has 1 atom stereocenters. The lowest BCUT2D eigenvalue weighted by atomic mass is 9.99. The van der Waals surface area contributed by atoms with Crippen LogP contribution in [0.2, 0.25) is 0 Å². The summed E-state index contributed by atoms with van der Waals surface area (Å²) in [6, 6.07) is 12.3. The molecule has 0 saturated heterocycles. The lowest BCUT2D eigenvalue weighted by Gasteiger charge is -2.26. The molecule has 0 bridgehead atoms. The Kier molecular flexibility index (Phi) is 13.4. The standard InChI is InChI=1S/C29H47NO2/c1-4-6-8-10-12-16-22-30(23-17-13-11-9-7-5-2)24-28(31)26-20-21-29(32-3)27-19-15-14-18-25(26)27/h14-15,18-21,28,31H,4-13,16-17,22-24H2,1-3H3. The molecule has 1 unspecified atom stereocenters. The van der Waals surface area contributed by atoms with E-state index in [1.165, 1.54) is 77.0 Å². The fourth-order valence-electron chi connectivity index (χ4n) is 4.63. The molecule has 3 nitrogen and oxygen atoms in total. The van der Waals surface area contributed by atoms with E-state index in [4.69, 9.17) is 4.74 Å². The third-order valence-electron chi connectivity index (χ3n) is 6.58. The van der Waals surface area contributed by atoms with Gasteiger partial charge in [0.15, 0.2) is 0 Å². The SMILES string of the molecule is CCCCCCCCN(CCCCCCCC)CC(O)c1ccc(OC)c2ccccc12. The molecule has 0 aliphatic rings. The first-order chi connectivity index (χ1) is 15.7. The summed E-state index contributed by atoms with van der Waals surface area (Å²) >= 11 is 0. The molecule has 0 fully saturated rings. The Morgan fingerprint density at radius 3 is 1.81 bits per heavy atom. The minimum Gasteiger partial charge on any atom is -0.496 e. The summed E-state index contributed by atoms with van der Waals surface area (Å²) < 4.78 is 5.54. The Morgan fingerprint density at radius 1 is 0.719 bits per heavy atom. The van der Waals surface area contributed by atoms with E-state index in [1.54, 1.807) is 7.11 Å². The normalized spacial score (nSPS) is 12.5. The monoisotopic (exact) mass is 441 g/mol. The number of ether oxygens (including phenoxy) is 1. The van der Waals surface area contributed by atoms with Gasteiger partial charge in [0.25, 0.3) is 0 Å². The van der Waals surface area contributed by atoms with E-state index in [2.05, 4.69) is 30.9 Å². The van der Waals surface area contributed by atoms with Crippen LogP contribution in [0.25, 0.3) is 10.8 Å². The molecule has 0 spiro atoms. The summed E-state index contributed by atoms with van der Waals surface area (Å²) in [5, 5.41) is 13.4. The number of methoxy groups -OCH3 is 1. The van der Waals surface area contributed by atoms with E-state index in [-0.39, 0.29) is 0 Å². The smallest absolute Gasteiger partial charge is 0.126 e. The number of hydrogen-bond donors (Lipinski definition) is 1. The molecule has 32 heavy (non-hydrogen) atoms. The Balaban J connectivity index is 1.97. The second kappa shape index (κ2) is 16.1. The molecule has 180 valence electrons. The second-order valence-corrected chi connectivity index (χ2v) is 9.25. The van der Waals surface area contributed by atoms with Crippen molar-refractivity contribution < 1.29 is 9.84 Å². The summed E-state index contributed by atoms with van der Waals surface area (Å²) in [4.78, 5) is 2.50. The highest BCUT2D eigenvalue weighted by Crippen LogP contribution is 2.32. The Labute approximate surface area is 197 Å². The van der Waals surface area contributed by atoms with Crippen LogP contribution in [-0.4, -0.2) is 36.8 Å². The van der Waals surface area contributed by atoms with Gasteiger partial charge < -0.3 is 14.7 Å². The van der Waals surface area contributed by atoms with Crippen molar-refractivity contribution in [3.05, 3.63) is 42.0 Å². The van der Waals surface area contributed by atoms with Crippen molar-refractivity contribution >= 4 is 10.8 Å². The lowest BCUT2D eigenvalue weighted by molar-refractivity contribution is 0.111. The van der Waals surface area contributed by atoms with E-state index in [0.29, 0.717) is 6.54 Å². The fourth-order valence-corrected chi connectivity index (χ4v) is 4.63. The predicted molar refractivity (Wildman–Crippen MR) is 139 cm³/mol. The number of nitrogens with zero attached hydrogens (tertiary/aromatic N) is 1. The second-order valence-electron chi connectivity index (χ2n) is 9.25. The lowest BCUT2D eigenvalue weighted by Crippen LogP contribution is -2.31. The van der Waals surface area contributed by atoms with E-state index < -0.39 is 6.10 Å². The molecule has 2 rings (SSSR count). The van der Waals surface area contributed by atoms with E-state index in [1.807, 2.05) is 24.3 Å². The van der Waals surface area contributed by atoms with Crippen LogP contribution >= 0.6 is 0 Å². The van der Waals surface area contributed by atoms with Gasteiger partial charge in [-0.2, -0.15) is 0 Å². The highest BCUT2D eigenvalue weighted by molar-refractivity contribution is 5.91. The van der Waals surface area contributed by atoms with Gasteiger partial charge in [0.2, 0.25) is 0 Å². The molecule has 0 aliphatic heterocycles. The van der Waals surface area contributed by atoms with Gasteiger partial charge >= 0.3 is 0 Å². The quantitative estimate of drug-likeness (QED) is 0.239. The van der Waals surface area contributed by atoms with E-state index in [0.717, 1.165) is 35.2 Å². The molecule has 3 heteroatoms. The molecular formula is C29H47NO2. The largest absolute Gasteiger partial charge is 0.496 e. The van der Waals surface area contributed by atoms with Crippen LogP contribution in [0.4, 0.5) is 0 Å². The molecule has 0 aromatic heterocycles. The van der Waals surface area contributed by atoms with Gasteiger partial charge in [0.05, 0.1) is 13.2 Å². The van der Waals surface area contributed by atoms with Crippen LogP contribution in [0.5, 0.6) is 5.75 Å². The minimum absolute atomic E-state index is 0.481. The van der Waals surface area contributed by atoms with Crippen molar-refractivity contribution in [3.8, 4) is 5.75 Å². The van der Waals surface area contributed by atoms with Gasteiger partial charge in [-0.15, -0.1) is 0 Å². The summed E-state index contributed by atoms with van der Waals surface area (Å²) in [5.74, 6) is 0.868. The molecular weight excluding hydrogens is 394 g/mol. The van der Waals surface area contributed by atoms with Crippen molar-refractivity contribution in [2.45, 2.75) is 97.0 Å². The number of aliphatic hydroxyl groups is 1. The molecule has 0 radical (unpaired) electrons. The number of unbranched alkanes of at least 4 members (excludes halogenated alkanes) is 10. The zero-order chi connectivity index (χ0) is 23.0. The van der Waals surface area contributed by atoms with Gasteiger partial charge in [-0.1, -0.05) is 108 Å². The van der Waals surface area contributed by atoms with Gasteiger partial charge in [0.1, 0.15) is 5.75 Å². The van der Waals surface area contributed by atoms with Gasteiger partial charge in [-0.3, -0.25) is 0 Å². The molecule has 1 N–H and O–H groups in total. The third-order valence-corrected chi connectivity index (χ3v) is 6.58. The number of aliphatic hydroxyl groups excluding tert-OH is 1. The van der Waals surface area contributed by atoms with Crippen LogP contribution < -0.4 is 4.74 Å². The molecule has 0 heterocycles. The zero-order valence-electron chi connectivity index (χ0n) is 21.0. The summed E-state index contributed by atoms with van der Waals surface area (Å²) in [5.41, 5.74) is 1.01. The summed E-state index contributed by atoms with van der Waals surface area (Å²) in [6.45, 7) is 7.43. The van der Waals surface area contributed by atoms with Crippen LogP contribution in [0, 0.1) is 0 Å². The van der Waals surface area contributed by atoms with Crippen molar-refractivity contribution in [2.75, 3.05) is 26.7 Å². The van der Waals surface area contributed by atoms with E-state index in [9.17, 15) is 5.11 Å². The van der Waals surface area contributed by atoms with Crippen LogP contribution in [-0.2, 0) is 0 Å². The number of hydrogen-bond acceptors (Lipinski definition) is 3. The van der Waals surface area contributed by atoms with Crippen molar-refractivity contribution in [1.82, 2.24) is 4.90 Å². The first-order valence-corrected chi connectivity index (χ1v) is 13.2. The van der Waals surface area contributed by atoms with Crippen molar-refractivity contribution in [2.24, 2.45) is 0 Å². The minimum atomic E-state index is -0.481. The Morgan fingerprint density at radius 2 is 1.25 bits per heavy atom. The summed E-state index contributed by atoms with van der Waals surface area (Å²) in [7, 11) is 1.71. The molecule has 0 saturated carbocycles. The average Bonchev–Trinajstić information content (AvgIpc) is 2.82. The number of benzene rings is 2. The van der Waals surface area contributed by atoms with Gasteiger partial charge in [0, 0.05) is 11.9 Å². The van der Waals surface area contributed by atoms with Crippen molar-refractivity contribution in [1.29, 1.82) is 0 Å². The highest BCUT2D eigenvalue weighted by atomic mass is 16.5. The van der Waals surface area contributed by atoms with Gasteiger partial charge in [-0.05, 0) is 42.9 Å². The average molecular weight is 442 g/mol. The van der Waals surface area contributed by atoms with Crippen LogP contribution in [0.1, 0.15) is 103 Å².